The van der Waals surface area contributed by atoms with E-state index in [1.807, 2.05) is 4.90 Å². The summed E-state index contributed by atoms with van der Waals surface area (Å²) in [4.78, 5) is 31.4. The number of nitrogens with one attached hydrogen (secondary N) is 1. The van der Waals surface area contributed by atoms with Crippen molar-refractivity contribution in [3.63, 3.8) is 0 Å². The first-order chi connectivity index (χ1) is 14.0. The summed E-state index contributed by atoms with van der Waals surface area (Å²) in [7, 11) is 3.60. The fourth-order valence-corrected chi connectivity index (χ4v) is 4.10. The van der Waals surface area contributed by atoms with E-state index >= 15 is 0 Å². The molecule has 1 atom stereocenters. The van der Waals surface area contributed by atoms with Gasteiger partial charge in [-0.05, 0) is 20.0 Å². The van der Waals surface area contributed by atoms with Crippen LogP contribution in [0.25, 0.3) is 0 Å². The minimum absolute atomic E-state index is 0.119. The molecule has 0 aliphatic carbocycles. The molecule has 1 N–H and O–H groups in total. The molecule has 4 rings (SSSR count). The number of methoxy groups -OCH3 is 1. The monoisotopic (exact) mass is 404 g/mol. The van der Waals surface area contributed by atoms with Crippen LogP contribution in [0.3, 0.4) is 0 Å². The van der Waals surface area contributed by atoms with E-state index in [2.05, 4.69) is 22.2 Å². The number of hydrogen-bond donors (Lipinski definition) is 1. The number of ether oxygens (including phenoxy) is 3. The fourth-order valence-electron chi connectivity index (χ4n) is 4.10. The standard InChI is InChI=1S/C20H28N4O5/c1-22-4-3-14(11-22)20(26)24-7-5-23(6-8-24)12-19(25)21-15-9-17-18(29-13-28-17)10-16(15)27-2/h9-10,14H,3-8,11-13H2,1-2H3,(H,21,25). The first-order valence-electron chi connectivity index (χ1n) is 10.0. The smallest absolute Gasteiger partial charge is 0.238 e. The van der Waals surface area contributed by atoms with Gasteiger partial charge in [0.2, 0.25) is 18.6 Å². The zero-order chi connectivity index (χ0) is 20.4. The molecule has 3 heterocycles. The summed E-state index contributed by atoms with van der Waals surface area (Å²) in [6.07, 6.45) is 0.940. The second-order valence-corrected chi connectivity index (χ2v) is 7.80. The second kappa shape index (κ2) is 8.46. The molecule has 0 saturated carbocycles. The van der Waals surface area contributed by atoms with Crippen LogP contribution in [-0.2, 0) is 9.59 Å². The average Bonchev–Trinajstić information content (AvgIpc) is 3.35. The third-order valence-corrected chi connectivity index (χ3v) is 5.76. The quantitative estimate of drug-likeness (QED) is 0.763. The Morgan fingerprint density at radius 1 is 1.14 bits per heavy atom. The maximum atomic E-state index is 12.6. The average molecular weight is 404 g/mol. The maximum Gasteiger partial charge on any atom is 0.238 e. The lowest BCUT2D eigenvalue weighted by Crippen LogP contribution is -2.52. The third kappa shape index (κ3) is 4.40. The van der Waals surface area contributed by atoms with Crippen LogP contribution in [-0.4, -0.2) is 93.3 Å². The molecule has 0 radical (unpaired) electrons. The summed E-state index contributed by atoms with van der Waals surface area (Å²) >= 11 is 0. The molecule has 3 aliphatic rings. The molecule has 2 amide bonds. The summed E-state index contributed by atoms with van der Waals surface area (Å²) in [6, 6.07) is 3.43. The Bertz CT molecular complexity index is 778. The lowest BCUT2D eigenvalue weighted by Gasteiger charge is -2.35. The molecule has 9 heteroatoms. The van der Waals surface area contributed by atoms with Crippen molar-refractivity contribution >= 4 is 17.5 Å². The minimum atomic E-state index is -0.126. The maximum absolute atomic E-state index is 12.6. The molecular formula is C20H28N4O5. The predicted octanol–water partition coefficient (Wildman–Crippen LogP) is 0.458. The van der Waals surface area contributed by atoms with E-state index < -0.39 is 0 Å². The number of likely N-dealkylation sites (tertiary alicyclic amines) is 1. The topological polar surface area (TPSA) is 83.6 Å². The van der Waals surface area contributed by atoms with Crippen LogP contribution in [0.1, 0.15) is 6.42 Å². The summed E-state index contributed by atoms with van der Waals surface area (Å²) in [5, 5.41) is 2.89. The molecule has 0 aromatic heterocycles. The van der Waals surface area contributed by atoms with E-state index in [0.717, 1.165) is 19.5 Å². The second-order valence-electron chi connectivity index (χ2n) is 7.80. The summed E-state index contributed by atoms with van der Waals surface area (Å²) in [6.45, 7) is 4.99. The van der Waals surface area contributed by atoms with E-state index in [9.17, 15) is 9.59 Å². The van der Waals surface area contributed by atoms with Crippen LogP contribution < -0.4 is 19.5 Å². The highest BCUT2D eigenvalue weighted by Crippen LogP contribution is 2.40. The molecule has 29 heavy (non-hydrogen) atoms. The molecule has 1 aromatic carbocycles. The lowest BCUT2D eigenvalue weighted by atomic mass is 10.1. The summed E-state index contributed by atoms with van der Waals surface area (Å²) < 4.78 is 16.1. The van der Waals surface area contributed by atoms with Gasteiger partial charge in [-0.2, -0.15) is 0 Å². The van der Waals surface area contributed by atoms with E-state index in [-0.39, 0.29) is 31.1 Å². The zero-order valence-electron chi connectivity index (χ0n) is 17.0. The van der Waals surface area contributed by atoms with Gasteiger partial charge in [-0.15, -0.1) is 0 Å². The van der Waals surface area contributed by atoms with Gasteiger partial charge >= 0.3 is 0 Å². The minimum Gasteiger partial charge on any atom is -0.494 e. The van der Waals surface area contributed by atoms with Gasteiger partial charge in [0.15, 0.2) is 11.5 Å². The Kier molecular flexibility index (Phi) is 5.77. The molecule has 158 valence electrons. The number of anilines is 1. The fraction of sp³-hybridized carbons (Fsp3) is 0.600. The van der Waals surface area contributed by atoms with Crippen molar-refractivity contribution in [1.82, 2.24) is 14.7 Å². The van der Waals surface area contributed by atoms with Crippen molar-refractivity contribution in [3.05, 3.63) is 12.1 Å². The number of piperazine rings is 1. The van der Waals surface area contributed by atoms with Gasteiger partial charge in [0.25, 0.3) is 0 Å². The van der Waals surface area contributed by atoms with Crippen LogP contribution in [0.4, 0.5) is 5.69 Å². The van der Waals surface area contributed by atoms with Crippen LogP contribution in [0, 0.1) is 5.92 Å². The number of nitrogens with zero attached hydrogens (tertiary/aromatic N) is 3. The summed E-state index contributed by atoms with van der Waals surface area (Å²) in [5.74, 6) is 1.97. The Morgan fingerprint density at radius 2 is 1.86 bits per heavy atom. The molecular weight excluding hydrogens is 376 g/mol. The molecule has 0 bridgehead atoms. The van der Waals surface area contributed by atoms with E-state index in [4.69, 9.17) is 14.2 Å². The molecule has 2 saturated heterocycles. The third-order valence-electron chi connectivity index (χ3n) is 5.76. The largest absolute Gasteiger partial charge is 0.494 e. The van der Waals surface area contributed by atoms with Gasteiger partial charge < -0.3 is 29.3 Å². The Balaban J connectivity index is 1.28. The van der Waals surface area contributed by atoms with Crippen LogP contribution in [0.15, 0.2) is 12.1 Å². The summed E-state index contributed by atoms with van der Waals surface area (Å²) in [5.41, 5.74) is 0.556. The van der Waals surface area contributed by atoms with E-state index in [0.29, 0.717) is 49.1 Å². The number of carbonyl (C=O) groups excluding carboxylic acids is 2. The van der Waals surface area contributed by atoms with Crippen molar-refractivity contribution in [1.29, 1.82) is 0 Å². The molecule has 0 spiro atoms. The van der Waals surface area contributed by atoms with Crippen molar-refractivity contribution < 1.29 is 23.8 Å². The predicted molar refractivity (Wildman–Crippen MR) is 106 cm³/mol. The van der Waals surface area contributed by atoms with Crippen LogP contribution >= 0.6 is 0 Å². The Morgan fingerprint density at radius 3 is 2.52 bits per heavy atom. The van der Waals surface area contributed by atoms with Gasteiger partial charge in [0.1, 0.15) is 5.75 Å². The van der Waals surface area contributed by atoms with Crippen molar-refractivity contribution in [2.24, 2.45) is 5.92 Å². The molecule has 9 nitrogen and oxygen atoms in total. The molecule has 3 aliphatic heterocycles. The number of amides is 2. The van der Waals surface area contributed by atoms with Crippen molar-refractivity contribution in [2.75, 3.05) is 72.1 Å². The van der Waals surface area contributed by atoms with Crippen LogP contribution in [0.2, 0.25) is 0 Å². The highest BCUT2D eigenvalue weighted by Gasteiger charge is 2.31. The lowest BCUT2D eigenvalue weighted by molar-refractivity contribution is -0.137. The molecule has 1 aromatic rings. The van der Waals surface area contributed by atoms with E-state index in [1.54, 1.807) is 19.2 Å². The normalized spacial score (nSPS) is 22.0. The SMILES string of the molecule is COc1cc2c(cc1NC(=O)CN1CCN(C(=O)C3CCN(C)C3)CC1)OCO2. The highest BCUT2D eigenvalue weighted by molar-refractivity contribution is 5.94. The first-order valence-corrected chi connectivity index (χ1v) is 10.0. The number of carbonyl (C=O) groups is 2. The van der Waals surface area contributed by atoms with Crippen LogP contribution in [0.5, 0.6) is 17.2 Å². The van der Waals surface area contributed by atoms with E-state index in [1.165, 1.54) is 0 Å². The number of fused-ring (bicyclic) bond motifs is 1. The molecule has 1 unspecified atom stereocenters. The zero-order valence-corrected chi connectivity index (χ0v) is 17.0. The Hall–Kier alpha value is -2.52. The number of rotatable bonds is 5. The van der Waals surface area contributed by atoms with Crippen molar-refractivity contribution in [3.8, 4) is 17.2 Å². The Labute approximate surface area is 170 Å². The number of benzene rings is 1. The van der Waals surface area contributed by atoms with Gasteiger partial charge in [0, 0.05) is 44.9 Å². The highest BCUT2D eigenvalue weighted by atomic mass is 16.7. The van der Waals surface area contributed by atoms with Gasteiger partial charge in [-0.25, -0.2) is 0 Å². The van der Waals surface area contributed by atoms with Gasteiger partial charge in [-0.1, -0.05) is 0 Å². The van der Waals surface area contributed by atoms with Gasteiger partial charge in [-0.3, -0.25) is 14.5 Å². The van der Waals surface area contributed by atoms with Gasteiger partial charge in [0.05, 0.1) is 25.3 Å². The van der Waals surface area contributed by atoms with Crippen molar-refractivity contribution in [2.45, 2.75) is 6.42 Å². The first kappa shape index (κ1) is 19.8. The number of hydrogen-bond acceptors (Lipinski definition) is 7. The molecule has 2 fully saturated rings.